The molecule has 2 rings (SSSR count). The van der Waals surface area contributed by atoms with Gasteiger partial charge >= 0.3 is 0 Å². The van der Waals surface area contributed by atoms with Crippen molar-refractivity contribution in [2.45, 2.75) is 19.3 Å². The summed E-state index contributed by atoms with van der Waals surface area (Å²) in [5.74, 6) is 1.61. The Morgan fingerprint density at radius 1 is 1.23 bits per heavy atom. The highest BCUT2D eigenvalue weighted by atomic mass is 35.5. The maximum Gasteiger partial charge on any atom is 0.190 e. The van der Waals surface area contributed by atoms with Crippen LogP contribution < -0.4 is 15.4 Å². The van der Waals surface area contributed by atoms with Crippen LogP contribution in [0, 0.1) is 0 Å². The third-order valence-corrected chi connectivity index (χ3v) is 4.82. The summed E-state index contributed by atoms with van der Waals surface area (Å²) in [6.07, 6.45) is 3.15. The minimum atomic E-state index is 0.734. The number of unbranched alkanes of at least 4 members (excludes halogenated alkanes) is 1. The van der Waals surface area contributed by atoms with E-state index in [1.165, 1.54) is 6.42 Å². The van der Waals surface area contributed by atoms with E-state index in [1.807, 2.05) is 18.2 Å². The number of morpholine rings is 1. The summed E-state index contributed by atoms with van der Waals surface area (Å²) in [4.78, 5) is 6.74. The number of halogens is 1. The molecule has 6 nitrogen and oxygen atoms in total. The zero-order valence-corrected chi connectivity index (χ0v) is 16.6. The summed E-state index contributed by atoms with van der Waals surface area (Å²) in [7, 11) is 3.44. The van der Waals surface area contributed by atoms with Crippen LogP contribution in [0.5, 0.6) is 5.75 Å². The normalized spacial score (nSPS) is 15.7. The number of hydrogen-bond acceptors (Lipinski definition) is 4. The van der Waals surface area contributed by atoms with Crippen molar-refractivity contribution in [3.8, 4) is 5.75 Å². The Labute approximate surface area is 161 Å². The van der Waals surface area contributed by atoms with Crippen LogP contribution in [-0.4, -0.2) is 71.0 Å². The standard InChI is InChI=1S/C19H31ClN4O2/c1-21-19(22-8-3-4-10-24-11-13-26-14-12-24)23-9-7-16-5-6-17(25-2)15-18(16)20/h5-6,15H,3-4,7-14H2,1-2H3,(H2,21,22,23). The lowest BCUT2D eigenvalue weighted by Gasteiger charge is -2.26. The molecule has 1 aliphatic heterocycles. The Morgan fingerprint density at radius 2 is 2.00 bits per heavy atom. The van der Waals surface area contributed by atoms with E-state index in [0.29, 0.717) is 0 Å². The molecule has 1 aliphatic rings. The van der Waals surface area contributed by atoms with Crippen LogP contribution in [0.15, 0.2) is 23.2 Å². The van der Waals surface area contributed by atoms with Gasteiger partial charge < -0.3 is 20.1 Å². The maximum atomic E-state index is 6.27. The number of rotatable bonds is 9. The first kappa shape index (κ1) is 20.8. The van der Waals surface area contributed by atoms with Crippen molar-refractivity contribution >= 4 is 17.6 Å². The van der Waals surface area contributed by atoms with Gasteiger partial charge in [0.15, 0.2) is 5.96 Å². The highest BCUT2D eigenvalue weighted by Gasteiger charge is 2.09. The summed E-state index contributed by atoms with van der Waals surface area (Å²) in [6, 6.07) is 5.78. The van der Waals surface area contributed by atoms with Gasteiger partial charge in [-0.2, -0.15) is 0 Å². The lowest BCUT2D eigenvalue weighted by atomic mass is 10.1. The van der Waals surface area contributed by atoms with Crippen molar-refractivity contribution in [3.05, 3.63) is 28.8 Å². The van der Waals surface area contributed by atoms with E-state index in [4.69, 9.17) is 21.1 Å². The molecule has 1 aromatic rings. The second-order valence-corrected chi connectivity index (χ2v) is 6.70. The molecule has 1 saturated heterocycles. The molecule has 2 N–H and O–H groups in total. The maximum absolute atomic E-state index is 6.27. The molecule has 1 fully saturated rings. The summed E-state index contributed by atoms with van der Waals surface area (Å²) >= 11 is 6.27. The largest absolute Gasteiger partial charge is 0.497 e. The first-order valence-corrected chi connectivity index (χ1v) is 9.67. The Hall–Kier alpha value is -1.50. The van der Waals surface area contributed by atoms with Gasteiger partial charge in [0.05, 0.1) is 20.3 Å². The van der Waals surface area contributed by atoms with Crippen LogP contribution in [-0.2, 0) is 11.2 Å². The average Bonchev–Trinajstić information content (AvgIpc) is 2.68. The number of nitrogens with one attached hydrogen (secondary N) is 2. The number of methoxy groups -OCH3 is 1. The van der Waals surface area contributed by atoms with Crippen LogP contribution in [0.3, 0.4) is 0 Å². The Kier molecular flexibility index (Phi) is 9.60. The van der Waals surface area contributed by atoms with Gasteiger partial charge in [0.25, 0.3) is 0 Å². The van der Waals surface area contributed by atoms with Crippen molar-refractivity contribution in [2.24, 2.45) is 4.99 Å². The number of benzene rings is 1. The molecular weight excluding hydrogens is 352 g/mol. The van der Waals surface area contributed by atoms with Crippen LogP contribution >= 0.6 is 11.6 Å². The van der Waals surface area contributed by atoms with Gasteiger partial charge in [0.2, 0.25) is 0 Å². The van der Waals surface area contributed by atoms with E-state index in [2.05, 4.69) is 20.5 Å². The second kappa shape index (κ2) is 12.0. The van der Waals surface area contributed by atoms with Crippen molar-refractivity contribution < 1.29 is 9.47 Å². The Morgan fingerprint density at radius 3 is 2.69 bits per heavy atom. The zero-order chi connectivity index (χ0) is 18.6. The Balaban J connectivity index is 1.58. The third-order valence-electron chi connectivity index (χ3n) is 4.47. The van der Waals surface area contributed by atoms with Gasteiger partial charge in [-0.25, -0.2) is 0 Å². The van der Waals surface area contributed by atoms with Gasteiger partial charge in [0.1, 0.15) is 5.75 Å². The summed E-state index contributed by atoms with van der Waals surface area (Å²) in [5, 5.41) is 7.44. The van der Waals surface area contributed by atoms with Crippen LogP contribution in [0.25, 0.3) is 0 Å². The molecule has 0 spiro atoms. The van der Waals surface area contributed by atoms with Crippen molar-refractivity contribution in [3.63, 3.8) is 0 Å². The van der Waals surface area contributed by atoms with E-state index >= 15 is 0 Å². The summed E-state index contributed by atoms with van der Waals surface area (Å²) < 4.78 is 10.5. The monoisotopic (exact) mass is 382 g/mol. The molecule has 0 saturated carbocycles. The molecule has 0 bridgehead atoms. The van der Waals surface area contributed by atoms with Gasteiger partial charge in [-0.15, -0.1) is 0 Å². The molecule has 0 atom stereocenters. The lowest BCUT2D eigenvalue weighted by molar-refractivity contribution is 0.0372. The summed E-state index contributed by atoms with van der Waals surface area (Å²) in [5.41, 5.74) is 1.10. The minimum absolute atomic E-state index is 0.734. The van der Waals surface area contributed by atoms with Crippen molar-refractivity contribution in [2.75, 3.05) is 60.1 Å². The van der Waals surface area contributed by atoms with E-state index in [1.54, 1.807) is 14.2 Å². The smallest absolute Gasteiger partial charge is 0.190 e. The van der Waals surface area contributed by atoms with E-state index in [0.717, 1.165) is 81.1 Å². The van der Waals surface area contributed by atoms with Crippen molar-refractivity contribution in [1.82, 2.24) is 15.5 Å². The van der Waals surface area contributed by atoms with Crippen LogP contribution in [0.2, 0.25) is 5.02 Å². The molecule has 1 heterocycles. The molecule has 7 heteroatoms. The van der Waals surface area contributed by atoms with E-state index < -0.39 is 0 Å². The Bertz CT molecular complexity index is 562. The first-order valence-electron chi connectivity index (χ1n) is 9.30. The van der Waals surface area contributed by atoms with E-state index in [9.17, 15) is 0 Å². The topological polar surface area (TPSA) is 58.1 Å². The molecule has 1 aromatic carbocycles. The molecule has 26 heavy (non-hydrogen) atoms. The average molecular weight is 383 g/mol. The molecule has 0 unspecified atom stereocenters. The van der Waals surface area contributed by atoms with Gasteiger partial charge in [-0.05, 0) is 43.5 Å². The molecule has 0 amide bonds. The van der Waals surface area contributed by atoms with E-state index in [-0.39, 0.29) is 0 Å². The molecule has 0 aliphatic carbocycles. The molecule has 0 radical (unpaired) electrons. The lowest BCUT2D eigenvalue weighted by Crippen LogP contribution is -2.39. The SMILES string of the molecule is CN=C(NCCCCN1CCOCC1)NCCc1ccc(OC)cc1Cl. The fourth-order valence-corrected chi connectivity index (χ4v) is 3.15. The van der Waals surface area contributed by atoms with Crippen LogP contribution in [0.4, 0.5) is 0 Å². The van der Waals surface area contributed by atoms with Crippen molar-refractivity contribution in [1.29, 1.82) is 0 Å². The zero-order valence-electron chi connectivity index (χ0n) is 15.9. The quantitative estimate of drug-likeness (QED) is 0.389. The molecule has 146 valence electrons. The number of guanidine groups is 1. The molecular formula is C19H31ClN4O2. The van der Waals surface area contributed by atoms with Gasteiger partial charge in [-0.3, -0.25) is 9.89 Å². The summed E-state index contributed by atoms with van der Waals surface area (Å²) in [6.45, 7) is 6.70. The highest BCUT2D eigenvalue weighted by molar-refractivity contribution is 6.31. The minimum Gasteiger partial charge on any atom is -0.497 e. The van der Waals surface area contributed by atoms with Crippen LogP contribution in [0.1, 0.15) is 18.4 Å². The fraction of sp³-hybridized carbons (Fsp3) is 0.632. The van der Waals surface area contributed by atoms with Gasteiger partial charge in [0, 0.05) is 38.2 Å². The molecule has 0 aromatic heterocycles. The first-order chi connectivity index (χ1) is 12.7. The second-order valence-electron chi connectivity index (χ2n) is 6.29. The van der Waals surface area contributed by atoms with Gasteiger partial charge in [-0.1, -0.05) is 17.7 Å². The number of nitrogens with zero attached hydrogens (tertiary/aromatic N) is 2. The number of aliphatic imine (C=N–C) groups is 1. The third kappa shape index (κ3) is 7.40. The number of ether oxygens (including phenoxy) is 2. The fourth-order valence-electron chi connectivity index (χ4n) is 2.89. The highest BCUT2D eigenvalue weighted by Crippen LogP contribution is 2.22. The number of hydrogen-bond donors (Lipinski definition) is 2. The predicted octanol–water partition coefficient (Wildman–Crippen LogP) is 2.17. The predicted molar refractivity (Wildman–Crippen MR) is 108 cm³/mol.